The zero-order chi connectivity index (χ0) is 16.7. The molecule has 5 heteroatoms. The number of thiophene rings is 1. The number of amides is 1. The highest BCUT2D eigenvalue weighted by atomic mass is 32.1. The van der Waals surface area contributed by atoms with E-state index < -0.39 is 0 Å². The lowest BCUT2D eigenvalue weighted by Gasteiger charge is -2.27. The van der Waals surface area contributed by atoms with Crippen LogP contribution >= 0.6 is 11.3 Å². The van der Waals surface area contributed by atoms with E-state index in [4.69, 9.17) is 0 Å². The molecule has 0 radical (unpaired) electrons. The van der Waals surface area contributed by atoms with Gasteiger partial charge < -0.3 is 15.5 Å². The molecule has 0 fully saturated rings. The molecule has 4 nitrogen and oxygen atoms in total. The van der Waals surface area contributed by atoms with Gasteiger partial charge in [-0.25, -0.2) is 0 Å². The average molecular weight is 339 g/mol. The first-order chi connectivity index (χ1) is 11.6. The summed E-state index contributed by atoms with van der Waals surface area (Å²) in [6.45, 7) is 4.00. The van der Waals surface area contributed by atoms with Crippen molar-refractivity contribution in [2.75, 3.05) is 18.9 Å². The molecule has 1 amide bonds. The highest BCUT2D eigenvalue weighted by molar-refractivity contribution is 7.16. The molecule has 0 saturated heterocycles. The Balaban J connectivity index is 1.63. The number of benzene rings is 1. The number of hydrogen-bond donors (Lipinski definition) is 2. The van der Waals surface area contributed by atoms with E-state index in [1.807, 2.05) is 18.2 Å². The highest BCUT2D eigenvalue weighted by Gasteiger charge is 2.32. The van der Waals surface area contributed by atoms with E-state index in [9.17, 15) is 4.79 Å². The van der Waals surface area contributed by atoms with Crippen molar-refractivity contribution in [1.82, 2.24) is 10.2 Å². The third-order valence-corrected chi connectivity index (χ3v) is 5.82. The second-order valence-electron chi connectivity index (χ2n) is 6.55. The Morgan fingerprint density at radius 1 is 1.29 bits per heavy atom. The van der Waals surface area contributed by atoms with Crippen LogP contribution < -0.4 is 10.6 Å². The number of fused-ring (bicyclic) bond motifs is 3. The van der Waals surface area contributed by atoms with E-state index in [0.29, 0.717) is 0 Å². The standard InChI is InChI=1S/C19H21N3OS/c1-12(10-13-6-4-3-5-7-13)17-20-18(23)16-14-8-9-22(2)11-15(14)24-19(16)21-17/h3-7,10,17,21H,8-9,11H2,1-2H3,(H,20,23). The molecule has 3 heterocycles. The number of anilines is 1. The van der Waals surface area contributed by atoms with E-state index >= 15 is 0 Å². The quantitative estimate of drug-likeness (QED) is 0.882. The van der Waals surface area contributed by atoms with Gasteiger partial charge in [0.25, 0.3) is 5.91 Å². The molecule has 0 saturated carbocycles. The summed E-state index contributed by atoms with van der Waals surface area (Å²) in [6, 6.07) is 10.2. The monoisotopic (exact) mass is 339 g/mol. The second-order valence-corrected chi connectivity index (χ2v) is 7.65. The van der Waals surface area contributed by atoms with Crippen molar-refractivity contribution >= 4 is 28.3 Å². The van der Waals surface area contributed by atoms with Crippen molar-refractivity contribution in [3.8, 4) is 0 Å². The summed E-state index contributed by atoms with van der Waals surface area (Å²) in [4.78, 5) is 16.3. The smallest absolute Gasteiger partial charge is 0.256 e. The van der Waals surface area contributed by atoms with E-state index in [-0.39, 0.29) is 12.1 Å². The molecule has 1 aromatic carbocycles. The van der Waals surface area contributed by atoms with Crippen LogP contribution in [-0.2, 0) is 13.0 Å². The van der Waals surface area contributed by atoms with Crippen LogP contribution in [-0.4, -0.2) is 30.6 Å². The lowest BCUT2D eigenvalue weighted by Crippen LogP contribution is -2.45. The number of rotatable bonds is 2. The van der Waals surface area contributed by atoms with Crippen molar-refractivity contribution < 1.29 is 4.79 Å². The zero-order valence-electron chi connectivity index (χ0n) is 13.9. The predicted molar refractivity (Wildman–Crippen MR) is 99.3 cm³/mol. The summed E-state index contributed by atoms with van der Waals surface area (Å²) in [5, 5.41) is 7.65. The lowest BCUT2D eigenvalue weighted by molar-refractivity contribution is 0.0940. The number of nitrogens with one attached hydrogen (secondary N) is 2. The van der Waals surface area contributed by atoms with Crippen molar-refractivity contribution in [3.05, 3.63) is 57.5 Å². The molecule has 24 heavy (non-hydrogen) atoms. The first-order valence-electron chi connectivity index (χ1n) is 8.25. The van der Waals surface area contributed by atoms with Crippen molar-refractivity contribution in [2.45, 2.75) is 26.1 Å². The largest absolute Gasteiger partial charge is 0.353 e. The third-order valence-electron chi connectivity index (χ3n) is 4.67. The summed E-state index contributed by atoms with van der Waals surface area (Å²) in [6.07, 6.45) is 2.92. The van der Waals surface area contributed by atoms with Gasteiger partial charge in [0.1, 0.15) is 11.2 Å². The molecule has 2 N–H and O–H groups in total. The molecule has 0 aliphatic carbocycles. The lowest BCUT2D eigenvalue weighted by atomic mass is 10.0. The van der Waals surface area contributed by atoms with Gasteiger partial charge in [0.15, 0.2) is 0 Å². The van der Waals surface area contributed by atoms with Gasteiger partial charge in [0.05, 0.1) is 5.56 Å². The molecule has 4 rings (SSSR count). The SMILES string of the molecule is CC(=Cc1ccccc1)C1NC(=O)c2c(sc3c2CCN(C)C3)N1. The van der Waals surface area contributed by atoms with Crippen LogP contribution in [0.4, 0.5) is 5.00 Å². The van der Waals surface area contributed by atoms with Crippen LogP contribution in [0.25, 0.3) is 6.08 Å². The van der Waals surface area contributed by atoms with Gasteiger partial charge in [-0.1, -0.05) is 36.4 Å². The number of nitrogens with zero attached hydrogens (tertiary/aromatic N) is 1. The summed E-state index contributed by atoms with van der Waals surface area (Å²) < 4.78 is 0. The minimum absolute atomic E-state index is 0.0524. The number of likely N-dealkylation sites (N-methyl/N-ethyl adjacent to an activating group) is 1. The van der Waals surface area contributed by atoms with Crippen molar-refractivity contribution in [1.29, 1.82) is 0 Å². The fourth-order valence-corrected chi connectivity index (χ4v) is 4.72. The summed E-state index contributed by atoms with van der Waals surface area (Å²) in [5.74, 6) is 0.0524. The molecular weight excluding hydrogens is 318 g/mol. The van der Waals surface area contributed by atoms with Crippen molar-refractivity contribution in [2.24, 2.45) is 0 Å². The van der Waals surface area contributed by atoms with E-state index in [0.717, 1.165) is 41.2 Å². The maximum atomic E-state index is 12.7. The van der Waals surface area contributed by atoms with Gasteiger partial charge in [0, 0.05) is 18.0 Å². The van der Waals surface area contributed by atoms with Crippen LogP contribution in [0.3, 0.4) is 0 Å². The molecule has 0 spiro atoms. The Morgan fingerprint density at radius 2 is 2.08 bits per heavy atom. The maximum Gasteiger partial charge on any atom is 0.256 e. The topological polar surface area (TPSA) is 44.4 Å². The van der Waals surface area contributed by atoms with E-state index in [1.54, 1.807) is 11.3 Å². The summed E-state index contributed by atoms with van der Waals surface area (Å²) in [5.41, 5.74) is 4.35. The first kappa shape index (κ1) is 15.4. The number of carbonyl (C=O) groups is 1. The molecule has 124 valence electrons. The Hall–Kier alpha value is -2.11. The molecule has 1 aromatic heterocycles. The highest BCUT2D eigenvalue weighted by Crippen LogP contribution is 2.39. The second kappa shape index (κ2) is 6.07. The van der Waals surface area contributed by atoms with Crippen LogP contribution in [0.15, 0.2) is 35.9 Å². The Morgan fingerprint density at radius 3 is 2.88 bits per heavy atom. The third kappa shape index (κ3) is 2.74. The number of hydrogen-bond acceptors (Lipinski definition) is 4. The summed E-state index contributed by atoms with van der Waals surface area (Å²) >= 11 is 1.73. The fraction of sp³-hybridized carbons (Fsp3) is 0.316. The van der Waals surface area contributed by atoms with Gasteiger partial charge in [0.2, 0.25) is 0 Å². The Bertz CT molecular complexity index is 810. The van der Waals surface area contributed by atoms with E-state index in [1.165, 1.54) is 10.4 Å². The van der Waals surface area contributed by atoms with Crippen LogP contribution in [0, 0.1) is 0 Å². The van der Waals surface area contributed by atoms with Crippen LogP contribution in [0.2, 0.25) is 0 Å². The van der Waals surface area contributed by atoms with Gasteiger partial charge >= 0.3 is 0 Å². The average Bonchev–Trinajstić information content (AvgIpc) is 2.93. The van der Waals surface area contributed by atoms with Gasteiger partial charge in [-0.05, 0) is 37.1 Å². The molecule has 1 unspecified atom stereocenters. The molecule has 2 aromatic rings. The summed E-state index contributed by atoms with van der Waals surface area (Å²) in [7, 11) is 2.13. The first-order valence-corrected chi connectivity index (χ1v) is 9.07. The fourth-order valence-electron chi connectivity index (χ4n) is 3.37. The van der Waals surface area contributed by atoms with Gasteiger partial charge in [-0.15, -0.1) is 11.3 Å². The molecular formula is C19H21N3OS. The predicted octanol–water partition coefficient (Wildman–Crippen LogP) is 3.32. The molecule has 1 atom stereocenters. The van der Waals surface area contributed by atoms with Crippen LogP contribution in [0.5, 0.6) is 0 Å². The molecule has 2 aliphatic rings. The van der Waals surface area contributed by atoms with Gasteiger partial charge in [-0.2, -0.15) is 0 Å². The van der Waals surface area contributed by atoms with Crippen LogP contribution in [0.1, 0.15) is 33.3 Å². The van der Waals surface area contributed by atoms with Gasteiger partial charge in [-0.3, -0.25) is 4.79 Å². The van der Waals surface area contributed by atoms with E-state index in [2.05, 4.69) is 47.7 Å². The normalized spacial score (nSPS) is 20.8. The Labute approximate surface area is 146 Å². The zero-order valence-corrected chi connectivity index (χ0v) is 14.7. The maximum absolute atomic E-state index is 12.7. The minimum atomic E-state index is -0.150. The minimum Gasteiger partial charge on any atom is -0.353 e. The Kier molecular flexibility index (Phi) is 3.90. The number of carbonyl (C=O) groups excluding carboxylic acids is 1. The molecule has 2 aliphatic heterocycles. The molecule has 0 bridgehead atoms. The van der Waals surface area contributed by atoms with Crippen molar-refractivity contribution in [3.63, 3.8) is 0 Å².